The fourth-order valence-electron chi connectivity index (χ4n) is 3.55. The van der Waals surface area contributed by atoms with Crippen LogP contribution < -0.4 is 0 Å². The van der Waals surface area contributed by atoms with E-state index in [1.54, 1.807) is 19.2 Å². The highest BCUT2D eigenvalue weighted by Crippen LogP contribution is 2.26. The van der Waals surface area contributed by atoms with Crippen LogP contribution in [0.1, 0.15) is 43.5 Å². The van der Waals surface area contributed by atoms with Gasteiger partial charge in [0, 0.05) is 43.6 Å². The van der Waals surface area contributed by atoms with Gasteiger partial charge < -0.3 is 9.64 Å². The lowest BCUT2D eigenvalue weighted by molar-refractivity contribution is 0.0441. The van der Waals surface area contributed by atoms with Gasteiger partial charge in [0.15, 0.2) is 0 Å². The van der Waals surface area contributed by atoms with Gasteiger partial charge in [0.25, 0.3) is 5.91 Å². The monoisotopic (exact) mass is 426 g/mol. The van der Waals surface area contributed by atoms with Gasteiger partial charge in [-0.1, -0.05) is 0 Å². The Balaban J connectivity index is 1.79. The molecule has 2 heterocycles. The van der Waals surface area contributed by atoms with Crippen LogP contribution in [0.15, 0.2) is 29.2 Å². The quantitative estimate of drug-likeness (QED) is 0.671. The molecule has 0 spiro atoms. The molecule has 2 unspecified atom stereocenters. The number of hydrogen-bond donors (Lipinski definition) is 0. The molecule has 8 heteroatoms. The SMILES string of the molecule is CC(C)N(C)S(=O)(=O)c1ccc(C(=O)N(CC2CCCO2)C2CCSC2)cc1. The summed E-state index contributed by atoms with van der Waals surface area (Å²) in [6, 6.07) is 6.43. The molecule has 2 fully saturated rings. The minimum absolute atomic E-state index is 0.0378. The number of carbonyl (C=O) groups excluding carboxylic acids is 1. The molecule has 1 aromatic rings. The fraction of sp³-hybridized carbons (Fsp3) is 0.650. The van der Waals surface area contributed by atoms with Crippen LogP contribution in [0.4, 0.5) is 0 Å². The average molecular weight is 427 g/mol. The van der Waals surface area contributed by atoms with Crippen molar-refractivity contribution in [1.29, 1.82) is 0 Å². The Morgan fingerprint density at radius 1 is 1.25 bits per heavy atom. The van der Waals surface area contributed by atoms with Gasteiger partial charge in [0.2, 0.25) is 10.0 Å². The van der Waals surface area contributed by atoms with Crippen LogP contribution >= 0.6 is 11.8 Å². The number of hydrogen-bond acceptors (Lipinski definition) is 5. The molecular formula is C20H30N2O4S2. The number of amides is 1. The van der Waals surface area contributed by atoms with Gasteiger partial charge in [0.1, 0.15) is 0 Å². The first-order valence-corrected chi connectivity index (χ1v) is 12.5. The molecule has 6 nitrogen and oxygen atoms in total. The molecule has 0 aliphatic carbocycles. The maximum atomic E-state index is 13.2. The van der Waals surface area contributed by atoms with Crippen LogP contribution in [0, 0.1) is 0 Å². The number of ether oxygens (including phenoxy) is 1. The summed E-state index contributed by atoms with van der Waals surface area (Å²) >= 11 is 1.87. The lowest BCUT2D eigenvalue weighted by Gasteiger charge is -2.31. The largest absolute Gasteiger partial charge is 0.376 e. The standard InChI is InChI=1S/C20H30N2O4S2/c1-15(2)21(3)28(24,25)19-8-6-16(7-9-19)20(23)22(17-10-12-27-14-17)13-18-5-4-11-26-18/h6-9,15,17-18H,4-5,10-14H2,1-3H3. The molecule has 1 amide bonds. The maximum Gasteiger partial charge on any atom is 0.254 e. The van der Waals surface area contributed by atoms with Crippen molar-refractivity contribution in [2.24, 2.45) is 0 Å². The van der Waals surface area contributed by atoms with E-state index < -0.39 is 10.0 Å². The fourth-order valence-corrected chi connectivity index (χ4v) is 6.14. The lowest BCUT2D eigenvalue weighted by atomic mass is 10.1. The van der Waals surface area contributed by atoms with Crippen molar-refractivity contribution in [3.8, 4) is 0 Å². The number of sulfonamides is 1. The molecule has 156 valence electrons. The molecule has 0 saturated carbocycles. The lowest BCUT2D eigenvalue weighted by Crippen LogP contribution is -2.44. The number of benzene rings is 1. The summed E-state index contributed by atoms with van der Waals surface area (Å²) in [7, 11) is -1.98. The zero-order valence-corrected chi connectivity index (χ0v) is 18.5. The van der Waals surface area contributed by atoms with Crippen molar-refractivity contribution >= 4 is 27.7 Å². The van der Waals surface area contributed by atoms with E-state index in [1.165, 1.54) is 16.4 Å². The molecule has 1 aromatic carbocycles. The highest BCUT2D eigenvalue weighted by atomic mass is 32.2. The summed E-state index contributed by atoms with van der Waals surface area (Å²) in [6.45, 7) is 5.04. The van der Waals surface area contributed by atoms with E-state index in [2.05, 4.69) is 0 Å². The Labute approximate surface area is 172 Å². The Bertz CT molecular complexity index is 768. The molecule has 2 aliphatic heterocycles. The van der Waals surface area contributed by atoms with E-state index in [4.69, 9.17) is 4.74 Å². The van der Waals surface area contributed by atoms with Gasteiger partial charge in [-0.2, -0.15) is 16.1 Å². The highest BCUT2D eigenvalue weighted by molar-refractivity contribution is 7.99. The minimum atomic E-state index is -3.55. The second-order valence-corrected chi connectivity index (χ2v) is 10.9. The third-order valence-corrected chi connectivity index (χ3v) is 8.73. The number of carbonyl (C=O) groups is 1. The van der Waals surface area contributed by atoms with E-state index in [9.17, 15) is 13.2 Å². The summed E-state index contributed by atoms with van der Waals surface area (Å²) in [5.41, 5.74) is 0.529. The Hall–Kier alpha value is -1.09. The van der Waals surface area contributed by atoms with Crippen molar-refractivity contribution in [2.75, 3.05) is 31.7 Å². The van der Waals surface area contributed by atoms with Crippen LogP contribution in [-0.2, 0) is 14.8 Å². The maximum absolute atomic E-state index is 13.2. The summed E-state index contributed by atoms with van der Waals surface area (Å²) < 4.78 is 32.4. The molecule has 0 radical (unpaired) electrons. The topological polar surface area (TPSA) is 66.9 Å². The zero-order chi connectivity index (χ0) is 20.3. The minimum Gasteiger partial charge on any atom is -0.376 e. The molecule has 2 atom stereocenters. The molecule has 2 aliphatic rings. The molecule has 0 aromatic heterocycles. The van der Waals surface area contributed by atoms with E-state index in [-0.39, 0.29) is 29.0 Å². The van der Waals surface area contributed by atoms with E-state index in [0.29, 0.717) is 12.1 Å². The predicted octanol–water partition coefficient (Wildman–Crippen LogP) is 2.84. The first kappa shape index (κ1) is 21.6. The van der Waals surface area contributed by atoms with Gasteiger partial charge >= 0.3 is 0 Å². The number of nitrogens with zero attached hydrogens (tertiary/aromatic N) is 2. The van der Waals surface area contributed by atoms with E-state index >= 15 is 0 Å². The van der Waals surface area contributed by atoms with Gasteiger partial charge in [-0.15, -0.1) is 0 Å². The van der Waals surface area contributed by atoms with Crippen molar-refractivity contribution in [2.45, 2.75) is 56.2 Å². The van der Waals surface area contributed by atoms with Crippen molar-refractivity contribution in [3.63, 3.8) is 0 Å². The Morgan fingerprint density at radius 3 is 2.50 bits per heavy atom. The normalized spacial score (nSPS) is 22.9. The van der Waals surface area contributed by atoms with Gasteiger partial charge in [-0.3, -0.25) is 4.79 Å². The summed E-state index contributed by atoms with van der Waals surface area (Å²) in [5.74, 6) is 1.98. The Morgan fingerprint density at radius 2 is 1.96 bits per heavy atom. The van der Waals surface area contributed by atoms with Crippen LogP contribution in [-0.4, -0.2) is 73.4 Å². The van der Waals surface area contributed by atoms with Gasteiger partial charge in [-0.25, -0.2) is 8.42 Å². The Kier molecular flexibility index (Phi) is 7.07. The second-order valence-electron chi connectivity index (χ2n) is 7.75. The van der Waals surface area contributed by atoms with Crippen LogP contribution in [0.3, 0.4) is 0 Å². The van der Waals surface area contributed by atoms with Crippen molar-refractivity contribution in [3.05, 3.63) is 29.8 Å². The first-order valence-electron chi connectivity index (χ1n) is 9.89. The van der Waals surface area contributed by atoms with Crippen LogP contribution in [0.5, 0.6) is 0 Å². The number of thioether (sulfide) groups is 1. The van der Waals surface area contributed by atoms with E-state index in [0.717, 1.165) is 37.4 Å². The third kappa shape index (κ3) is 4.72. The summed E-state index contributed by atoms with van der Waals surface area (Å²) in [6.07, 6.45) is 3.13. The van der Waals surface area contributed by atoms with Crippen molar-refractivity contribution in [1.82, 2.24) is 9.21 Å². The molecule has 28 heavy (non-hydrogen) atoms. The average Bonchev–Trinajstić information content (AvgIpc) is 3.38. The van der Waals surface area contributed by atoms with Crippen molar-refractivity contribution < 1.29 is 17.9 Å². The smallest absolute Gasteiger partial charge is 0.254 e. The molecule has 0 N–H and O–H groups in total. The van der Waals surface area contributed by atoms with Gasteiger partial charge in [-0.05, 0) is 63.1 Å². The second kappa shape index (κ2) is 9.15. The molecular weight excluding hydrogens is 396 g/mol. The summed E-state index contributed by atoms with van der Waals surface area (Å²) in [4.78, 5) is 15.4. The third-order valence-electron chi connectivity index (χ3n) is 5.54. The summed E-state index contributed by atoms with van der Waals surface area (Å²) in [5, 5.41) is 0. The first-order chi connectivity index (χ1) is 13.3. The predicted molar refractivity (Wildman–Crippen MR) is 112 cm³/mol. The number of rotatable bonds is 7. The van der Waals surface area contributed by atoms with E-state index in [1.807, 2.05) is 30.5 Å². The molecule has 2 saturated heterocycles. The van der Waals surface area contributed by atoms with Crippen LogP contribution in [0.25, 0.3) is 0 Å². The zero-order valence-electron chi connectivity index (χ0n) is 16.8. The molecule has 0 bridgehead atoms. The van der Waals surface area contributed by atoms with Crippen LogP contribution in [0.2, 0.25) is 0 Å². The van der Waals surface area contributed by atoms with Gasteiger partial charge in [0.05, 0.1) is 11.0 Å². The highest BCUT2D eigenvalue weighted by Gasteiger charge is 2.31. The molecule has 3 rings (SSSR count).